The van der Waals surface area contributed by atoms with Gasteiger partial charge in [0.1, 0.15) is 0 Å². The molecule has 92 valence electrons. The highest BCUT2D eigenvalue weighted by Crippen LogP contribution is 2.03. The average Bonchev–Trinajstić information content (AvgIpc) is 2.50. The van der Waals surface area contributed by atoms with Gasteiger partial charge in [-0.3, -0.25) is 4.90 Å². The van der Waals surface area contributed by atoms with Crippen LogP contribution in [0.2, 0.25) is 0 Å². The van der Waals surface area contributed by atoms with Crippen molar-refractivity contribution in [1.29, 1.82) is 0 Å². The fourth-order valence-electron chi connectivity index (χ4n) is 1.79. The Hall–Kier alpha value is -0.870. The van der Waals surface area contributed by atoms with Crippen molar-refractivity contribution in [3.8, 4) is 0 Å². The van der Waals surface area contributed by atoms with Gasteiger partial charge in [0.2, 0.25) is 0 Å². The predicted octanol–water partition coefficient (Wildman–Crippen LogP) is 0.743. The van der Waals surface area contributed by atoms with Gasteiger partial charge >= 0.3 is 5.97 Å². The highest BCUT2D eigenvalue weighted by atomic mass is 16.5. The highest BCUT2D eigenvalue weighted by Gasteiger charge is 2.11. The first-order valence-electron chi connectivity index (χ1n) is 5.79. The third-order valence-electron chi connectivity index (χ3n) is 2.98. The van der Waals surface area contributed by atoms with Crippen LogP contribution in [0.15, 0.2) is 11.6 Å². The molecule has 0 saturated carbocycles. The van der Waals surface area contributed by atoms with E-state index in [0.29, 0.717) is 5.57 Å². The van der Waals surface area contributed by atoms with Crippen molar-refractivity contribution in [2.45, 2.75) is 13.3 Å². The van der Waals surface area contributed by atoms with Gasteiger partial charge in [-0.2, -0.15) is 0 Å². The summed E-state index contributed by atoms with van der Waals surface area (Å²) in [5.74, 6) is -0.230. The van der Waals surface area contributed by atoms with Crippen LogP contribution in [-0.2, 0) is 9.53 Å². The summed E-state index contributed by atoms with van der Waals surface area (Å²) in [6.07, 6.45) is 3.15. The predicted molar refractivity (Wildman–Crippen MR) is 64.3 cm³/mol. The van der Waals surface area contributed by atoms with Crippen molar-refractivity contribution in [3.05, 3.63) is 11.6 Å². The van der Waals surface area contributed by atoms with Gasteiger partial charge in [-0.05, 0) is 33.5 Å². The molecule has 0 radical (unpaired) electrons. The summed E-state index contributed by atoms with van der Waals surface area (Å²) in [5.41, 5.74) is 0.695. The molecule has 0 aliphatic carbocycles. The molecule has 4 heteroatoms. The summed E-state index contributed by atoms with van der Waals surface area (Å²) >= 11 is 0. The van der Waals surface area contributed by atoms with Crippen molar-refractivity contribution >= 4 is 5.97 Å². The molecular weight excluding hydrogens is 204 g/mol. The lowest BCUT2D eigenvalue weighted by atomic mass is 10.2. The van der Waals surface area contributed by atoms with Gasteiger partial charge in [0, 0.05) is 25.2 Å². The molecule has 1 heterocycles. The van der Waals surface area contributed by atoms with Crippen LogP contribution in [0.1, 0.15) is 13.3 Å². The molecular formula is C12H22N2O2. The third kappa shape index (κ3) is 4.33. The number of rotatable bonds is 3. The molecule has 1 rings (SSSR count). The number of hydrogen-bond donors (Lipinski definition) is 0. The molecule has 0 spiro atoms. The summed E-state index contributed by atoms with van der Waals surface area (Å²) in [6.45, 7) is 7.09. The van der Waals surface area contributed by atoms with Crippen LogP contribution in [0.5, 0.6) is 0 Å². The second kappa shape index (κ2) is 6.66. The molecule has 0 bridgehead atoms. The molecule has 16 heavy (non-hydrogen) atoms. The summed E-state index contributed by atoms with van der Waals surface area (Å²) in [4.78, 5) is 15.9. The Morgan fingerprint density at radius 2 is 2.06 bits per heavy atom. The molecule has 0 aromatic heterocycles. The standard InChI is InChI=1S/C12H22N2O2/c1-11(12(15)16-3)5-8-14-7-4-6-13(2)9-10-14/h5H,4,6-10H2,1-3H3. The Labute approximate surface area is 97.9 Å². The molecule has 0 unspecified atom stereocenters. The van der Waals surface area contributed by atoms with Crippen molar-refractivity contribution in [2.24, 2.45) is 0 Å². The van der Waals surface area contributed by atoms with Crippen LogP contribution < -0.4 is 0 Å². The molecule has 1 saturated heterocycles. The molecule has 1 aliphatic rings. The first-order valence-corrected chi connectivity index (χ1v) is 5.79. The molecule has 1 fully saturated rings. The Morgan fingerprint density at radius 3 is 2.75 bits per heavy atom. The van der Waals surface area contributed by atoms with E-state index in [-0.39, 0.29) is 5.97 Å². The fraction of sp³-hybridized carbons (Fsp3) is 0.750. The molecule has 0 atom stereocenters. The van der Waals surface area contributed by atoms with Gasteiger partial charge in [0.05, 0.1) is 7.11 Å². The van der Waals surface area contributed by atoms with E-state index in [1.807, 2.05) is 6.08 Å². The van der Waals surface area contributed by atoms with E-state index in [1.165, 1.54) is 13.5 Å². The van der Waals surface area contributed by atoms with E-state index in [9.17, 15) is 4.79 Å². The molecule has 0 aromatic rings. The summed E-state index contributed by atoms with van der Waals surface area (Å²) in [5, 5.41) is 0. The minimum atomic E-state index is -0.230. The van der Waals surface area contributed by atoms with Gasteiger partial charge in [-0.1, -0.05) is 6.08 Å². The van der Waals surface area contributed by atoms with E-state index < -0.39 is 0 Å². The maximum atomic E-state index is 11.2. The summed E-state index contributed by atoms with van der Waals surface area (Å²) in [6, 6.07) is 0. The number of hydrogen-bond acceptors (Lipinski definition) is 4. The van der Waals surface area contributed by atoms with Crippen molar-refractivity contribution in [3.63, 3.8) is 0 Å². The molecule has 0 amide bonds. The second-order valence-electron chi connectivity index (χ2n) is 4.34. The Bertz CT molecular complexity index is 264. The van der Waals surface area contributed by atoms with E-state index in [2.05, 4.69) is 21.6 Å². The maximum Gasteiger partial charge on any atom is 0.333 e. The number of esters is 1. The third-order valence-corrected chi connectivity index (χ3v) is 2.98. The number of carbonyl (C=O) groups is 1. The normalized spacial score (nSPS) is 20.6. The molecule has 4 nitrogen and oxygen atoms in total. The number of likely N-dealkylation sites (N-methyl/N-ethyl adjacent to an activating group) is 1. The number of carbonyl (C=O) groups excluding carboxylic acids is 1. The van der Waals surface area contributed by atoms with Crippen molar-refractivity contribution < 1.29 is 9.53 Å². The molecule has 1 aliphatic heterocycles. The number of ether oxygens (including phenoxy) is 1. The Balaban J connectivity index is 2.39. The minimum absolute atomic E-state index is 0.230. The lowest BCUT2D eigenvalue weighted by Crippen LogP contribution is -2.29. The fourth-order valence-corrected chi connectivity index (χ4v) is 1.79. The van der Waals surface area contributed by atoms with E-state index in [4.69, 9.17) is 0 Å². The van der Waals surface area contributed by atoms with Crippen molar-refractivity contribution in [2.75, 3.05) is 46.9 Å². The SMILES string of the molecule is COC(=O)C(C)=CCN1CCCN(C)CC1. The molecule has 0 aromatic carbocycles. The van der Waals surface area contributed by atoms with E-state index in [0.717, 1.165) is 32.7 Å². The largest absolute Gasteiger partial charge is 0.466 e. The van der Waals surface area contributed by atoms with Crippen LogP contribution in [-0.4, -0.2) is 62.7 Å². The van der Waals surface area contributed by atoms with Gasteiger partial charge < -0.3 is 9.64 Å². The summed E-state index contributed by atoms with van der Waals surface area (Å²) in [7, 11) is 3.57. The quantitative estimate of drug-likeness (QED) is 0.525. The van der Waals surface area contributed by atoms with E-state index in [1.54, 1.807) is 6.92 Å². The number of methoxy groups -OCH3 is 1. The Kier molecular flexibility index (Phi) is 5.49. The smallest absolute Gasteiger partial charge is 0.333 e. The Morgan fingerprint density at radius 1 is 1.31 bits per heavy atom. The van der Waals surface area contributed by atoms with Crippen LogP contribution >= 0.6 is 0 Å². The van der Waals surface area contributed by atoms with Gasteiger partial charge in [-0.15, -0.1) is 0 Å². The van der Waals surface area contributed by atoms with Crippen molar-refractivity contribution in [1.82, 2.24) is 9.80 Å². The zero-order valence-electron chi connectivity index (χ0n) is 10.5. The highest BCUT2D eigenvalue weighted by molar-refractivity contribution is 5.87. The zero-order valence-corrected chi connectivity index (χ0v) is 10.5. The lowest BCUT2D eigenvalue weighted by Gasteiger charge is -2.18. The van der Waals surface area contributed by atoms with Crippen LogP contribution in [0.25, 0.3) is 0 Å². The monoisotopic (exact) mass is 226 g/mol. The van der Waals surface area contributed by atoms with Crippen LogP contribution in [0, 0.1) is 0 Å². The van der Waals surface area contributed by atoms with Gasteiger partial charge in [0.25, 0.3) is 0 Å². The van der Waals surface area contributed by atoms with E-state index >= 15 is 0 Å². The first-order chi connectivity index (χ1) is 7.63. The van der Waals surface area contributed by atoms with Crippen LogP contribution in [0.4, 0.5) is 0 Å². The maximum absolute atomic E-state index is 11.2. The second-order valence-corrected chi connectivity index (χ2v) is 4.34. The van der Waals surface area contributed by atoms with Gasteiger partial charge in [0.15, 0.2) is 0 Å². The van der Waals surface area contributed by atoms with Crippen LogP contribution in [0.3, 0.4) is 0 Å². The zero-order chi connectivity index (χ0) is 12.0. The number of nitrogens with zero attached hydrogens (tertiary/aromatic N) is 2. The van der Waals surface area contributed by atoms with Gasteiger partial charge in [-0.25, -0.2) is 4.79 Å². The first kappa shape index (κ1) is 13.2. The summed E-state index contributed by atoms with van der Waals surface area (Å²) < 4.78 is 4.66. The molecule has 0 N–H and O–H groups in total. The lowest BCUT2D eigenvalue weighted by molar-refractivity contribution is -0.136. The average molecular weight is 226 g/mol. The minimum Gasteiger partial charge on any atom is -0.466 e. The topological polar surface area (TPSA) is 32.8 Å².